The van der Waals surface area contributed by atoms with Gasteiger partial charge in [0.15, 0.2) is 5.75 Å². The molecule has 24 heavy (non-hydrogen) atoms. The van der Waals surface area contributed by atoms with Crippen LogP contribution in [0.15, 0.2) is 70.9 Å². The zero-order chi connectivity index (χ0) is 17.2. The lowest BCUT2D eigenvalue weighted by atomic mass is 10.1. The highest BCUT2D eigenvalue weighted by atomic mass is 35.5. The number of hydrogen-bond acceptors (Lipinski definition) is 4. The van der Waals surface area contributed by atoms with Gasteiger partial charge in [-0.05, 0) is 29.1 Å². The highest BCUT2D eigenvalue weighted by Crippen LogP contribution is 2.33. The van der Waals surface area contributed by atoms with Crippen LogP contribution in [0.5, 0.6) is 5.75 Å². The van der Waals surface area contributed by atoms with Gasteiger partial charge in [-0.3, -0.25) is 0 Å². The van der Waals surface area contributed by atoms with E-state index < -0.39 is 21.8 Å². The third-order valence-electron chi connectivity index (χ3n) is 3.47. The van der Waals surface area contributed by atoms with E-state index in [1.165, 1.54) is 29.5 Å². The standard InChI is InChI=1S/C17H14ClNO3S2/c18-13-8-4-10-15(17(13)20)24(21,22)19-16(14-9-5-11-23-14)12-6-2-1-3-7-12/h1-11,16,19-20H. The van der Waals surface area contributed by atoms with Gasteiger partial charge in [0.1, 0.15) is 4.90 Å². The zero-order valence-corrected chi connectivity index (χ0v) is 14.8. The third-order valence-corrected chi connectivity index (χ3v) is 6.17. The Bertz CT molecular complexity index is 926. The second-order valence-corrected chi connectivity index (χ2v) is 8.14. The number of para-hydroxylation sites is 1. The smallest absolute Gasteiger partial charge is 0.245 e. The summed E-state index contributed by atoms with van der Waals surface area (Å²) in [6.45, 7) is 0. The molecule has 4 nitrogen and oxygen atoms in total. The van der Waals surface area contributed by atoms with Gasteiger partial charge in [0.25, 0.3) is 0 Å². The van der Waals surface area contributed by atoms with E-state index in [0.29, 0.717) is 0 Å². The maximum absolute atomic E-state index is 12.8. The topological polar surface area (TPSA) is 66.4 Å². The molecule has 0 amide bonds. The molecule has 0 spiro atoms. The van der Waals surface area contributed by atoms with E-state index in [2.05, 4.69) is 4.72 Å². The minimum absolute atomic E-state index is 0.00902. The Kier molecular flexibility index (Phi) is 4.91. The molecule has 124 valence electrons. The van der Waals surface area contributed by atoms with Crippen molar-refractivity contribution in [2.75, 3.05) is 0 Å². The van der Waals surface area contributed by atoms with Crippen molar-refractivity contribution in [1.29, 1.82) is 0 Å². The number of phenols is 1. The first-order valence-corrected chi connectivity index (χ1v) is 9.81. The van der Waals surface area contributed by atoms with Crippen molar-refractivity contribution in [3.63, 3.8) is 0 Å². The fraction of sp³-hybridized carbons (Fsp3) is 0.0588. The Labute approximate surface area is 149 Å². The van der Waals surface area contributed by atoms with E-state index in [-0.39, 0.29) is 9.92 Å². The summed E-state index contributed by atoms with van der Waals surface area (Å²) in [4.78, 5) is 0.610. The number of aromatic hydroxyl groups is 1. The lowest BCUT2D eigenvalue weighted by molar-refractivity contribution is 0.458. The predicted octanol–water partition coefficient (Wildman–Crippen LogP) is 4.18. The van der Waals surface area contributed by atoms with E-state index >= 15 is 0 Å². The van der Waals surface area contributed by atoms with Gasteiger partial charge in [-0.1, -0.05) is 54.1 Å². The van der Waals surface area contributed by atoms with Crippen molar-refractivity contribution in [3.05, 3.63) is 81.5 Å². The molecule has 0 fully saturated rings. The van der Waals surface area contributed by atoms with Gasteiger partial charge in [0.2, 0.25) is 10.0 Å². The normalized spacial score (nSPS) is 12.9. The van der Waals surface area contributed by atoms with Gasteiger partial charge in [-0.25, -0.2) is 8.42 Å². The molecule has 0 saturated carbocycles. The molecule has 3 aromatic rings. The number of sulfonamides is 1. The molecule has 1 unspecified atom stereocenters. The Hall–Kier alpha value is -1.86. The average molecular weight is 380 g/mol. The summed E-state index contributed by atoms with van der Waals surface area (Å²) < 4.78 is 28.2. The second kappa shape index (κ2) is 6.94. The Morgan fingerprint density at radius 3 is 2.42 bits per heavy atom. The molecule has 0 aliphatic rings. The SMILES string of the molecule is O=S(=O)(NC(c1ccccc1)c1cccs1)c1cccc(Cl)c1O. The summed E-state index contributed by atoms with van der Waals surface area (Å²) >= 11 is 7.29. The number of hydrogen-bond donors (Lipinski definition) is 2. The van der Waals surface area contributed by atoms with Crippen molar-refractivity contribution >= 4 is 33.0 Å². The second-order valence-electron chi connectivity index (χ2n) is 5.07. The molecule has 2 N–H and O–H groups in total. The summed E-state index contributed by atoms with van der Waals surface area (Å²) in [6, 6.07) is 16.7. The Balaban J connectivity index is 2.03. The molecule has 1 atom stereocenters. The average Bonchev–Trinajstić information content (AvgIpc) is 3.10. The van der Waals surface area contributed by atoms with E-state index in [4.69, 9.17) is 11.6 Å². The number of halogens is 1. The first kappa shape index (κ1) is 17.0. The van der Waals surface area contributed by atoms with Gasteiger partial charge in [0.05, 0.1) is 11.1 Å². The van der Waals surface area contributed by atoms with Crippen LogP contribution in [0.2, 0.25) is 5.02 Å². The van der Waals surface area contributed by atoms with E-state index in [1.807, 2.05) is 47.8 Å². The largest absolute Gasteiger partial charge is 0.505 e. The van der Waals surface area contributed by atoms with Crippen molar-refractivity contribution in [3.8, 4) is 5.75 Å². The molecule has 3 rings (SSSR count). The van der Waals surface area contributed by atoms with Gasteiger partial charge in [0, 0.05) is 4.88 Å². The monoisotopic (exact) mass is 379 g/mol. The molecule has 0 saturated heterocycles. The minimum Gasteiger partial charge on any atom is -0.505 e. The van der Waals surface area contributed by atoms with E-state index in [9.17, 15) is 13.5 Å². The zero-order valence-electron chi connectivity index (χ0n) is 12.4. The lowest BCUT2D eigenvalue weighted by Crippen LogP contribution is -2.29. The molecular weight excluding hydrogens is 366 g/mol. The Morgan fingerprint density at radius 1 is 1.00 bits per heavy atom. The predicted molar refractivity (Wildman–Crippen MR) is 96.0 cm³/mol. The molecule has 0 radical (unpaired) electrons. The summed E-state index contributed by atoms with van der Waals surface area (Å²) in [5, 5.41) is 11.9. The highest BCUT2D eigenvalue weighted by Gasteiger charge is 2.26. The molecule has 2 aromatic carbocycles. The van der Waals surface area contributed by atoms with Gasteiger partial charge in [-0.2, -0.15) is 4.72 Å². The molecule has 1 heterocycles. The first-order chi connectivity index (χ1) is 11.5. The summed E-state index contributed by atoms with van der Waals surface area (Å²) in [5.74, 6) is -0.454. The number of nitrogens with one attached hydrogen (secondary N) is 1. The molecule has 7 heteroatoms. The van der Waals surface area contributed by atoms with Crippen LogP contribution < -0.4 is 4.72 Å². The van der Waals surface area contributed by atoms with Crippen LogP contribution in [0, 0.1) is 0 Å². The van der Waals surface area contributed by atoms with Crippen LogP contribution in [0.4, 0.5) is 0 Å². The van der Waals surface area contributed by atoms with Crippen molar-refractivity contribution < 1.29 is 13.5 Å². The fourth-order valence-corrected chi connectivity index (χ4v) is 4.75. The van der Waals surface area contributed by atoms with E-state index in [0.717, 1.165) is 10.4 Å². The van der Waals surface area contributed by atoms with Crippen LogP contribution in [-0.2, 0) is 10.0 Å². The van der Waals surface area contributed by atoms with Crippen LogP contribution >= 0.6 is 22.9 Å². The van der Waals surface area contributed by atoms with Gasteiger partial charge < -0.3 is 5.11 Å². The fourth-order valence-electron chi connectivity index (χ4n) is 2.32. The van der Waals surface area contributed by atoms with Crippen molar-refractivity contribution in [2.45, 2.75) is 10.9 Å². The van der Waals surface area contributed by atoms with E-state index in [1.54, 1.807) is 0 Å². The van der Waals surface area contributed by atoms with Crippen LogP contribution in [-0.4, -0.2) is 13.5 Å². The third kappa shape index (κ3) is 3.47. The number of benzene rings is 2. The molecule has 1 aromatic heterocycles. The van der Waals surface area contributed by atoms with Crippen LogP contribution in [0.1, 0.15) is 16.5 Å². The summed E-state index contributed by atoms with van der Waals surface area (Å²) in [5.41, 5.74) is 0.810. The number of rotatable bonds is 5. The summed E-state index contributed by atoms with van der Waals surface area (Å²) in [6.07, 6.45) is 0. The van der Waals surface area contributed by atoms with Gasteiger partial charge in [-0.15, -0.1) is 11.3 Å². The van der Waals surface area contributed by atoms with Crippen molar-refractivity contribution in [1.82, 2.24) is 4.72 Å². The van der Waals surface area contributed by atoms with Crippen molar-refractivity contribution in [2.24, 2.45) is 0 Å². The minimum atomic E-state index is -3.96. The maximum Gasteiger partial charge on any atom is 0.245 e. The lowest BCUT2D eigenvalue weighted by Gasteiger charge is -2.18. The first-order valence-electron chi connectivity index (χ1n) is 7.07. The number of phenolic OH excluding ortho intramolecular Hbond substituents is 1. The maximum atomic E-state index is 12.8. The Morgan fingerprint density at radius 2 is 1.75 bits per heavy atom. The molecular formula is C17H14ClNO3S2. The quantitative estimate of drug-likeness (QED) is 0.699. The van der Waals surface area contributed by atoms with Crippen LogP contribution in [0.25, 0.3) is 0 Å². The highest BCUT2D eigenvalue weighted by molar-refractivity contribution is 7.89. The van der Waals surface area contributed by atoms with Gasteiger partial charge >= 0.3 is 0 Å². The van der Waals surface area contributed by atoms with Crippen LogP contribution in [0.3, 0.4) is 0 Å². The summed E-state index contributed by atoms with van der Waals surface area (Å²) in [7, 11) is -3.96. The number of thiophene rings is 1. The molecule has 0 aliphatic carbocycles. The molecule has 0 bridgehead atoms. The molecule has 0 aliphatic heterocycles.